The number of rotatable bonds is 5. The second-order valence-electron chi connectivity index (χ2n) is 4.23. The van der Waals surface area contributed by atoms with Gasteiger partial charge in [-0.1, -0.05) is 0 Å². The summed E-state index contributed by atoms with van der Waals surface area (Å²) in [5.41, 5.74) is -4.09. The van der Waals surface area contributed by atoms with Gasteiger partial charge in [0.25, 0.3) is 0 Å². The van der Waals surface area contributed by atoms with Gasteiger partial charge < -0.3 is 15.4 Å². The molecule has 0 atom stereocenters. The van der Waals surface area contributed by atoms with Gasteiger partial charge in [0.15, 0.2) is 28.4 Å². The number of anilines is 1. The molecule has 0 aliphatic carbocycles. The summed E-state index contributed by atoms with van der Waals surface area (Å²) < 4.78 is 95.9. The van der Waals surface area contributed by atoms with Crippen LogP contribution in [0, 0.1) is 23.3 Å². The molecule has 130 valence electrons. The number of hydrogen-bond acceptors (Lipinski definition) is 2. The van der Waals surface area contributed by atoms with Crippen molar-refractivity contribution in [1.29, 1.82) is 0 Å². The quantitative estimate of drug-likeness (QED) is 0.362. The molecule has 0 saturated carbocycles. The van der Waals surface area contributed by atoms with Crippen molar-refractivity contribution in [3.63, 3.8) is 0 Å². The number of nitrogens with one attached hydrogen (secondary N) is 2. The van der Waals surface area contributed by atoms with E-state index >= 15 is 0 Å². The smallest absolute Gasteiger partial charge is 0.385 e. The topological polar surface area (TPSA) is 33.3 Å². The third-order valence-electron chi connectivity index (χ3n) is 2.60. The lowest BCUT2D eigenvalue weighted by Crippen LogP contribution is -2.31. The summed E-state index contributed by atoms with van der Waals surface area (Å²) in [7, 11) is 1.44. The summed E-state index contributed by atoms with van der Waals surface area (Å²) in [4.78, 5) is 0. The van der Waals surface area contributed by atoms with Gasteiger partial charge in [0.05, 0.1) is 0 Å². The van der Waals surface area contributed by atoms with E-state index in [0.29, 0.717) is 13.0 Å². The Labute approximate surface area is 131 Å². The van der Waals surface area contributed by atoms with Crippen LogP contribution in [-0.2, 0) is 10.9 Å². The first-order chi connectivity index (χ1) is 10.6. The van der Waals surface area contributed by atoms with E-state index in [-0.39, 0.29) is 6.54 Å². The second kappa shape index (κ2) is 7.77. The van der Waals surface area contributed by atoms with Crippen LogP contribution >= 0.6 is 12.2 Å². The summed E-state index contributed by atoms with van der Waals surface area (Å²) >= 11 is 4.63. The molecule has 0 aromatic heterocycles. The van der Waals surface area contributed by atoms with Crippen LogP contribution in [-0.4, -0.2) is 25.4 Å². The highest BCUT2D eigenvalue weighted by molar-refractivity contribution is 7.80. The molecule has 11 heteroatoms. The molecule has 2 N–H and O–H groups in total. The molecule has 0 amide bonds. The van der Waals surface area contributed by atoms with Crippen LogP contribution in [0.25, 0.3) is 0 Å². The summed E-state index contributed by atoms with van der Waals surface area (Å²) in [6.07, 6.45) is -5.13. The van der Waals surface area contributed by atoms with E-state index in [0.717, 1.165) is 0 Å². The highest BCUT2D eigenvalue weighted by Gasteiger charge is 2.42. The summed E-state index contributed by atoms with van der Waals surface area (Å²) in [6, 6.07) is 0. The van der Waals surface area contributed by atoms with Crippen molar-refractivity contribution in [2.75, 3.05) is 25.6 Å². The Kier molecular flexibility index (Phi) is 6.57. The molecule has 0 aliphatic rings. The average molecular weight is 364 g/mol. The van der Waals surface area contributed by atoms with Crippen LogP contribution in [0.1, 0.15) is 12.0 Å². The van der Waals surface area contributed by atoms with E-state index in [1.54, 1.807) is 5.32 Å². The SMILES string of the molecule is COCCCNC(=S)Nc1c(F)c(F)c(C(F)(F)F)c(F)c1F. The van der Waals surface area contributed by atoms with Crippen molar-refractivity contribution < 1.29 is 35.5 Å². The van der Waals surface area contributed by atoms with Crippen molar-refractivity contribution in [2.24, 2.45) is 0 Å². The maximum Gasteiger partial charge on any atom is 0.422 e. The molecule has 3 nitrogen and oxygen atoms in total. The average Bonchev–Trinajstić information content (AvgIpc) is 2.45. The zero-order chi connectivity index (χ0) is 17.8. The minimum Gasteiger partial charge on any atom is -0.385 e. The van der Waals surface area contributed by atoms with Crippen molar-refractivity contribution in [3.05, 3.63) is 28.8 Å². The first-order valence-corrected chi connectivity index (χ1v) is 6.49. The van der Waals surface area contributed by atoms with Gasteiger partial charge in [0.2, 0.25) is 0 Å². The van der Waals surface area contributed by atoms with Crippen LogP contribution in [0.15, 0.2) is 0 Å². The molecule has 1 rings (SSSR count). The molecule has 0 fully saturated rings. The molecule has 0 radical (unpaired) electrons. The predicted octanol–water partition coefficient (Wildman–Crippen LogP) is 3.58. The van der Waals surface area contributed by atoms with Crippen LogP contribution in [0.3, 0.4) is 0 Å². The van der Waals surface area contributed by atoms with E-state index in [4.69, 9.17) is 4.74 Å². The zero-order valence-electron chi connectivity index (χ0n) is 11.6. The van der Waals surface area contributed by atoms with Gasteiger partial charge in [-0.2, -0.15) is 13.2 Å². The normalized spacial score (nSPS) is 11.5. The molecule has 1 aromatic rings. The fourth-order valence-electron chi connectivity index (χ4n) is 1.57. The Bertz CT molecular complexity index is 563. The first kappa shape index (κ1) is 19.4. The number of halogens is 7. The summed E-state index contributed by atoms with van der Waals surface area (Å²) in [6.45, 7) is 0.552. The molecule has 23 heavy (non-hydrogen) atoms. The van der Waals surface area contributed by atoms with Gasteiger partial charge in [-0.05, 0) is 18.6 Å². The van der Waals surface area contributed by atoms with E-state index in [1.807, 2.05) is 0 Å². The van der Waals surface area contributed by atoms with E-state index in [1.165, 1.54) is 7.11 Å². The molecule has 0 aliphatic heterocycles. The third kappa shape index (κ3) is 4.67. The van der Waals surface area contributed by atoms with Crippen molar-refractivity contribution in [1.82, 2.24) is 5.32 Å². The second-order valence-corrected chi connectivity index (χ2v) is 4.64. The largest absolute Gasteiger partial charge is 0.422 e. The lowest BCUT2D eigenvalue weighted by Gasteiger charge is -2.16. The van der Waals surface area contributed by atoms with E-state index in [2.05, 4.69) is 17.5 Å². The van der Waals surface area contributed by atoms with Gasteiger partial charge in [-0.3, -0.25) is 0 Å². The lowest BCUT2D eigenvalue weighted by molar-refractivity contribution is -0.143. The molecule has 0 bridgehead atoms. The molecule has 0 unspecified atom stereocenters. The molecule has 0 spiro atoms. The van der Waals surface area contributed by atoms with Gasteiger partial charge in [-0.15, -0.1) is 0 Å². The van der Waals surface area contributed by atoms with Gasteiger partial charge >= 0.3 is 6.18 Å². The van der Waals surface area contributed by atoms with Gasteiger partial charge in [0, 0.05) is 20.3 Å². The highest BCUT2D eigenvalue weighted by Crippen LogP contribution is 2.38. The fraction of sp³-hybridized carbons (Fsp3) is 0.417. The van der Waals surface area contributed by atoms with Crippen molar-refractivity contribution in [3.8, 4) is 0 Å². The van der Waals surface area contributed by atoms with Crippen LogP contribution in [0.2, 0.25) is 0 Å². The number of benzene rings is 1. The fourth-order valence-corrected chi connectivity index (χ4v) is 1.77. The number of alkyl halides is 3. The molecule has 0 saturated heterocycles. The highest BCUT2D eigenvalue weighted by atomic mass is 32.1. The number of ether oxygens (including phenoxy) is 1. The first-order valence-electron chi connectivity index (χ1n) is 6.08. The number of hydrogen-bond donors (Lipinski definition) is 2. The van der Waals surface area contributed by atoms with E-state index < -0.39 is 45.8 Å². The van der Waals surface area contributed by atoms with Crippen molar-refractivity contribution in [2.45, 2.75) is 12.6 Å². The monoisotopic (exact) mass is 364 g/mol. The minimum atomic E-state index is -5.59. The Balaban J connectivity index is 3.03. The number of methoxy groups -OCH3 is 1. The maximum absolute atomic E-state index is 13.6. The summed E-state index contributed by atoms with van der Waals surface area (Å²) in [5.74, 6) is -9.56. The maximum atomic E-state index is 13.6. The number of thiocarbonyl (C=S) groups is 1. The Hall–Kier alpha value is -1.62. The zero-order valence-corrected chi connectivity index (χ0v) is 12.4. The van der Waals surface area contributed by atoms with Gasteiger partial charge in [0.1, 0.15) is 11.3 Å². The van der Waals surface area contributed by atoms with Gasteiger partial charge in [-0.25, -0.2) is 17.6 Å². The minimum absolute atomic E-state index is 0.203. The Morgan fingerprint density at radius 2 is 1.57 bits per heavy atom. The standard InChI is InChI=1S/C12H11F7N2OS/c1-22-4-2-3-20-11(23)21-10-8(15)6(13)5(12(17,18)19)7(14)9(10)16/h2-4H2,1H3,(H2,20,21,23). The van der Waals surface area contributed by atoms with Crippen molar-refractivity contribution >= 4 is 23.0 Å². The van der Waals surface area contributed by atoms with Crippen LogP contribution in [0.4, 0.5) is 36.4 Å². The molecular weight excluding hydrogens is 353 g/mol. The Morgan fingerprint density at radius 3 is 2.00 bits per heavy atom. The van der Waals surface area contributed by atoms with Crippen LogP contribution < -0.4 is 10.6 Å². The summed E-state index contributed by atoms with van der Waals surface area (Å²) in [5, 5.41) is 3.82. The molecule has 1 aromatic carbocycles. The van der Waals surface area contributed by atoms with E-state index in [9.17, 15) is 30.7 Å². The Morgan fingerprint density at radius 1 is 1.04 bits per heavy atom. The van der Waals surface area contributed by atoms with Crippen LogP contribution in [0.5, 0.6) is 0 Å². The molecular formula is C12H11F7N2OS. The predicted molar refractivity (Wildman–Crippen MR) is 72.0 cm³/mol. The third-order valence-corrected chi connectivity index (χ3v) is 2.84. The lowest BCUT2D eigenvalue weighted by atomic mass is 10.1. The molecule has 0 heterocycles.